The van der Waals surface area contributed by atoms with Crippen LogP contribution in [-0.4, -0.2) is 18.3 Å². The van der Waals surface area contributed by atoms with Crippen LogP contribution in [0.15, 0.2) is 35.8 Å². The van der Waals surface area contributed by atoms with Crippen molar-refractivity contribution >= 4 is 13.2 Å². The van der Waals surface area contributed by atoms with Crippen molar-refractivity contribution in [2.75, 3.05) is 0 Å². The molecule has 2 nitrogen and oxygen atoms in total. The van der Waals surface area contributed by atoms with Crippen LogP contribution in [0, 0.1) is 5.41 Å². The van der Waals surface area contributed by atoms with Gasteiger partial charge in [0.25, 0.3) is 0 Å². The Morgan fingerprint density at radius 1 is 0.952 bits per heavy atom. The SMILES string of the molecule is CC(C)(C)/C(=C\c1ccccc1)B1OC(C)(C)C(C)(C)O1. The molecule has 0 amide bonds. The zero-order valence-corrected chi connectivity index (χ0v) is 14.4. The standard InChI is InChI=1S/C18H27BO2/c1-16(2,3)15(13-14-11-9-8-10-12-14)19-20-17(4,5)18(6,7)21-19/h8-13H,1-7H3/b15-13+. The molecule has 1 aliphatic heterocycles. The molecule has 1 aromatic carbocycles. The fourth-order valence-corrected chi connectivity index (χ4v) is 2.34. The fraction of sp³-hybridized carbons (Fsp3) is 0.556. The lowest BCUT2D eigenvalue weighted by molar-refractivity contribution is 0.00578. The number of rotatable bonds is 2. The predicted molar refractivity (Wildman–Crippen MR) is 90.0 cm³/mol. The largest absolute Gasteiger partial charge is 0.491 e. The van der Waals surface area contributed by atoms with Crippen molar-refractivity contribution in [3.05, 3.63) is 41.4 Å². The zero-order valence-electron chi connectivity index (χ0n) is 14.4. The van der Waals surface area contributed by atoms with Crippen LogP contribution in [0.2, 0.25) is 0 Å². The van der Waals surface area contributed by atoms with E-state index in [1.165, 1.54) is 11.0 Å². The van der Waals surface area contributed by atoms with Gasteiger partial charge < -0.3 is 9.31 Å². The van der Waals surface area contributed by atoms with Crippen LogP contribution >= 0.6 is 0 Å². The minimum atomic E-state index is -0.307. The third-order valence-electron chi connectivity index (χ3n) is 4.49. The highest BCUT2D eigenvalue weighted by atomic mass is 16.7. The van der Waals surface area contributed by atoms with Crippen molar-refractivity contribution in [1.29, 1.82) is 0 Å². The summed E-state index contributed by atoms with van der Waals surface area (Å²) < 4.78 is 12.5. The molecule has 0 radical (unpaired) electrons. The first-order valence-electron chi connectivity index (χ1n) is 7.66. The molecule has 0 N–H and O–H groups in total. The summed E-state index contributed by atoms with van der Waals surface area (Å²) in [7, 11) is -0.296. The molecule has 0 bridgehead atoms. The van der Waals surface area contributed by atoms with Gasteiger partial charge in [0.1, 0.15) is 0 Å². The van der Waals surface area contributed by atoms with E-state index in [1.807, 2.05) is 6.07 Å². The molecule has 0 saturated carbocycles. The second kappa shape index (κ2) is 5.29. The van der Waals surface area contributed by atoms with Crippen molar-refractivity contribution in [3.63, 3.8) is 0 Å². The molecule has 114 valence electrons. The molecule has 1 fully saturated rings. The van der Waals surface area contributed by atoms with Crippen LogP contribution in [0.4, 0.5) is 0 Å². The molecule has 1 aliphatic rings. The summed E-state index contributed by atoms with van der Waals surface area (Å²) in [5.41, 5.74) is 1.72. The minimum Gasteiger partial charge on any atom is -0.400 e. The molecule has 1 saturated heterocycles. The number of hydrogen-bond donors (Lipinski definition) is 0. The third-order valence-corrected chi connectivity index (χ3v) is 4.49. The Labute approximate surface area is 129 Å². The highest BCUT2D eigenvalue weighted by Crippen LogP contribution is 2.42. The molecular weight excluding hydrogens is 259 g/mol. The molecule has 3 heteroatoms. The van der Waals surface area contributed by atoms with E-state index in [-0.39, 0.29) is 23.7 Å². The maximum atomic E-state index is 6.23. The lowest BCUT2D eigenvalue weighted by Gasteiger charge is -2.32. The summed E-state index contributed by atoms with van der Waals surface area (Å²) in [6, 6.07) is 10.4. The maximum Gasteiger partial charge on any atom is 0.491 e. The quantitative estimate of drug-likeness (QED) is 0.730. The fourth-order valence-electron chi connectivity index (χ4n) is 2.34. The van der Waals surface area contributed by atoms with E-state index in [2.05, 4.69) is 78.8 Å². The molecule has 21 heavy (non-hydrogen) atoms. The maximum absolute atomic E-state index is 6.23. The van der Waals surface area contributed by atoms with Crippen molar-refractivity contribution in [3.8, 4) is 0 Å². The lowest BCUT2D eigenvalue weighted by Crippen LogP contribution is -2.41. The van der Waals surface area contributed by atoms with Gasteiger partial charge in [-0.1, -0.05) is 57.2 Å². The van der Waals surface area contributed by atoms with E-state index in [0.29, 0.717) is 0 Å². The summed E-state index contributed by atoms with van der Waals surface area (Å²) in [6.07, 6.45) is 2.20. The summed E-state index contributed by atoms with van der Waals surface area (Å²) in [6.45, 7) is 15.0. The van der Waals surface area contributed by atoms with Crippen molar-refractivity contribution in [2.24, 2.45) is 5.41 Å². The summed E-state index contributed by atoms with van der Waals surface area (Å²) >= 11 is 0. The molecule has 1 heterocycles. The third kappa shape index (κ3) is 3.41. The molecule has 2 rings (SSSR count). The summed E-state index contributed by atoms with van der Waals surface area (Å²) in [5, 5.41) is 0. The van der Waals surface area contributed by atoms with E-state index in [9.17, 15) is 0 Å². The van der Waals surface area contributed by atoms with Gasteiger partial charge in [-0.25, -0.2) is 0 Å². The van der Waals surface area contributed by atoms with E-state index < -0.39 is 0 Å². The molecule has 0 spiro atoms. The van der Waals surface area contributed by atoms with E-state index in [4.69, 9.17) is 9.31 Å². The Bertz CT molecular complexity index is 508. The first-order valence-corrected chi connectivity index (χ1v) is 7.66. The van der Waals surface area contributed by atoms with Gasteiger partial charge in [0, 0.05) is 0 Å². The van der Waals surface area contributed by atoms with Crippen LogP contribution in [-0.2, 0) is 9.31 Å². The van der Waals surface area contributed by atoms with Gasteiger partial charge in [-0.3, -0.25) is 0 Å². The minimum absolute atomic E-state index is 0.0169. The predicted octanol–water partition coefficient (Wildman–Crippen LogP) is 4.75. The first-order chi connectivity index (χ1) is 9.53. The van der Waals surface area contributed by atoms with Gasteiger partial charge in [0.05, 0.1) is 11.2 Å². The van der Waals surface area contributed by atoms with E-state index in [0.717, 1.165) is 0 Å². The van der Waals surface area contributed by atoms with Gasteiger partial charge in [-0.2, -0.15) is 0 Å². The molecule has 0 aromatic heterocycles. The van der Waals surface area contributed by atoms with Crippen molar-refractivity contribution in [2.45, 2.75) is 59.7 Å². The molecule has 0 unspecified atom stereocenters. The van der Waals surface area contributed by atoms with Gasteiger partial charge in [0.15, 0.2) is 0 Å². The molecular formula is C18H27BO2. The Morgan fingerprint density at radius 3 is 1.86 bits per heavy atom. The highest BCUT2D eigenvalue weighted by Gasteiger charge is 2.53. The number of benzene rings is 1. The molecule has 0 aliphatic carbocycles. The average Bonchev–Trinajstić information content (AvgIpc) is 2.55. The summed E-state index contributed by atoms with van der Waals surface area (Å²) in [4.78, 5) is 0. The van der Waals surface area contributed by atoms with Crippen LogP contribution in [0.1, 0.15) is 54.0 Å². The van der Waals surface area contributed by atoms with E-state index >= 15 is 0 Å². The highest BCUT2D eigenvalue weighted by molar-refractivity contribution is 6.56. The van der Waals surface area contributed by atoms with Crippen LogP contribution in [0.5, 0.6) is 0 Å². The average molecular weight is 286 g/mol. The Kier molecular flexibility index (Phi) is 4.11. The Morgan fingerprint density at radius 2 is 1.43 bits per heavy atom. The monoisotopic (exact) mass is 286 g/mol. The van der Waals surface area contributed by atoms with Gasteiger partial charge >= 0.3 is 7.12 Å². The van der Waals surface area contributed by atoms with Crippen molar-refractivity contribution in [1.82, 2.24) is 0 Å². The Hall–Kier alpha value is -1.06. The summed E-state index contributed by atoms with van der Waals surface area (Å²) in [5.74, 6) is 0. The van der Waals surface area contributed by atoms with Gasteiger partial charge in [-0.05, 0) is 44.1 Å². The van der Waals surface area contributed by atoms with Gasteiger partial charge in [-0.15, -0.1) is 0 Å². The lowest BCUT2D eigenvalue weighted by atomic mass is 9.64. The molecule has 0 atom stereocenters. The Balaban J connectivity index is 2.38. The zero-order chi connectivity index (χ0) is 15.9. The first kappa shape index (κ1) is 16.3. The van der Waals surface area contributed by atoms with Crippen LogP contribution < -0.4 is 0 Å². The number of allylic oxidation sites excluding steroid dienone is 1. The van der Waals surface area contributed by atoms with Gasteiger partial charge in [0.2, 0.25) is 0 Å². The van der Waals surface area contributed by atoms with E-state index in [1.54, 1.807) is 0 Å². The second-order valence-corrected chi connectivity index (χ2v) is 7.85. The molecule has 1 aromatic rings. The normalized spacial score (nSPS) is 21.7. The van der Waals surface area contributed by atoms with Crippen LogP contribution in [0.25, 0.3) is 6.08 Å². The van der Waals surface area contributed by atoms with Crippen LogP contribution in [0.3, 0.4) is 0 Å². The topological polar surface area (TPSA) is 18.5 Å². The van der Waals surface area contributed by atoms with Crippen molar-refractivity contribution < 1.29 is 9.31 Å². The smallest absolute Gasteiger partial charge is 0.400 e. The number of hydrogen-bond acceptors (Lipinski definition) is 2. The second-order valence-electron chi connectivity index (χ2n) is 7.85.